The van der Waals surface area contributed by atoms with Gasteiger partial charge in [0, 0.05) is 6.20 Å². The lowest BCUT2D eigenvalue weighted by atomic mass is 10.1. The molecule has 2 N–H and O–H groups in total. The second kappa shape index (κ2) is 4.70. The maximum absolute atomic E-state index is 11.8. The first-order valence-electron chi connectivity index (χ1n) is 6.76. The molecule has 0 amide bonds. The van der Waals surface area contributed by atoms with E-state index in [0.717, 1.165) is 17.7 Å². The second-order valence-corrected chi connectivity index (χ2v) is 5.27. The van der Waals surface area contributed by atoms with E-state index < -0.39 is 11.2 Å². The number of hydrogen-bond acceptors (Lipinski definition) is 4. The summed E-state index contributed by atoms with van der Waals surface area (Å²) in [7, 11) is 0. The van der Waals surface area contributed by atoms with Crippen LogP contribution in [0.4, 0.5) is 0 Å². The topological polar surface area (TPSA) is 91.5 Å². The van der Waals surface area contributed by atoms with Crippen molar-refractivity contribution < 1.29 is 0 Å². The molecule has 1 aliphatic carbocycles. The van der Waals surface area contributed by atoms with Gasteiger partial charge < -0.3 is 4.98 Å². The van der Waals surface area contributed by atoms with Crippen molar-refractivity contribution >= 4 is 0 Å². The molecule has 1 fully saturated rings. The Morgan fingerprint density at radius 3 is 2.80 bits per heavy atom. The van der Waals surface area contributed by atoms with E-state index in [2.05, 4.69) is 27.1 Å². The molecule has 1 saturated carbocycles. The summed E-state index contributed by atoms with van der Waals surface area (Å²) in [6.07, 6.45) is 3.71. The molecule has 3 rings (SSSR count). The predicted octanol–water partition coefficient (Wildman–Crippen LogP) is 1.34. The third-order valence-electron chi connectivity index (χ3n) is 3.96. The van der Waals surface area contributed by atoms with Gasteiger partial charge in [-0.25, -0.2) is 4.79 Å². The summed E-state index contributed by atoms with van der Waals surface area (Å²) in [5.41, 5.74) is 1.95. The van der Waals surface area contributed by atoms with Crippen molar-refractivity contribution in [2.45, 2.75) is 32.6 Å². The minimum atomic E-state index is -0.521. The molecule has 2 atom stereocenters. The van der Waals surface area contributed by atoms with E-state index in [1.54, 1.807) is 0 Å². The van der Waals surface area contributed by atoms with Crippen molar-refractivity contribution in [2.75, 3.05) is 0 Å². The Balaban J connectivity index is 2.05. The summed E-state index contributed by atoms with van der Waals surface area (Å²) in [4.78, 5) is 27.5. The monoisotopic (exact) mass is 272 g/mol. The van der Waals surface area contributed by atoms with Crippen LogP contribution in [0.1, 0.15) is 36.9 Å². The van der Waals surface area contributed by atoms with Gasteiger partial charge >= 0.3 is 5.69 Å². The number of nitrogens with one attached hydrogen (secondary N) is 2. The van der Waals surface area contributed by atoms with Crippen LogP contribution in [0.15, 0.2) is 21.9 Å². The van der Waals surface area contributed by atoms with Crippen molar-refractivity contribution in [2.24, 2.45) is 5.92 Å². The van der Waals surface area contributed by atoms with Crippen LogP contribution in [-0.2, 0) is 0 Å². The number of aromatic amines is 2. The van der Waals surface area contributed by atoms with E-state index in [0.29, 0.717) is 23.1 Å². The van der Waals surface area contributed by atoms with Gasteiger partial charge in [0.05, 0.1) is 11.3 Å². The highest BCUT2D eigenvalue weighted by Gasteiger charge is 2.38. The van der Waals surface area contributed by atoms with E-state index in [-0.39, 0.29) is 0 Å². The van der Waals surface area contributed by atoms with E-state index in [4.69, 9.17) is 0 Å². The normalized spacial score (nSPS) is 20.9. The largest absolute Gasteiger partial charge is 0.325 e. The number of rotatable bonds is 3. The van der Waals surface area contributed by atoms with Gasteiger partial charge in [-0.1, -0.05) is 13.3 Å². The van der Waals surface area contributed by atoms with Gasteiger partial charge in [0.2, 0.25) is 0 Å². The fourth-order valence-electron chi connectivity index (χ4n) is 2.65. The van der Waals surface area contributed by atoms with E-state index in [1.807, 2.05) is 13.0 Å². The third kappa shape index (κ3) is 2.17. The maximum Gasteiger partial charge on any atom is 0.325 e. The molecule has 0 bridgehead atoms. The molecule has 0 radical (unpaired) electrons. The summed E-state index contributed by atoms with van der Waals surface area (Å²) >= 11 is 0. The SMILES string of the molecule is CCC1CC1c1cc(-c2c[nH]c(=O)[nH]c2=O)nnc1C. The lowest BCUT2D eigenvalue weighted by Gasteiger charge is -2.06. The first kappa shape index (κ1) is 12.8. The molecule has 6 heteroatoms. The standard InChI is InChI=1S/C14H16N4O2/c1-3-8-4-10(8)9-5-12(18-17-7(9)2)11-6-15-14(20)16-13(11)19/h5-6,8,10H,3-4H2,1-2H3,(H2,15,16,19,20). The van der Waals surface area contributed by atoms with E-state index in [9.17, 15) is 9.59 Å². The summed E-state index contributed by atoms with van der Waals surface area (Å²) in [6, 6.07) is 1.92. The summed E-state index contributed by atoms with van der Waals surface area (Å²) < 4.78 is 0. The van der Waals surface area contributed by atoms with Gasteiger partial charge in [-0.05, 0) is 36.8 Å². The first-order valence-corrected chi connectivity index (χ1v) is 6.76. The van der Waals surface area contributed by atoms with Crippen LogP contribution in [0, 0.1) is 12.8 Å². The Labute approximate surface area is 115 Å². The lowest BCUT2D eigenvalue weighted by Crippen LogP contribution is -2.23. The average molecular weight is 272 g/mol. The number of nitrogens with zero attached hydrogens (tertiary/aromatic N) is 2. The van der Waals surface area contributed by atoms with Crippen molar-refractivity contribution in [3.63, 3.8) is 0 Å². The molecule has 2 heterocycles. The maximum atomic E-state index is 11.8. The molecule has 0 saturated heterocycles. The molecule has 0 aromatic carbocycles. The molecule has 0 spiro atoms. The highest BCUT2D eigenvalue weighted by Crippen LogP contribution is 2.50. The van der Waals surface area contributed by atoms with Gasteiger partial charge in [0.25, 0.3) is 5.56 Å². The summed E-state index contributed by atoms with van der Waals surface area (Å²) in [5, 5.41) is 8.22. The van der Waals surface area contributed by atoms with Crippen LogP contribution >= 0.6 is 0 Å². The minimum Gasteiger partial charge on any atom is -0.313 e. The van der Waals surface area contributed by atoms with E-state index in [1.165, 1.54) is 12.6 Å². The first-order chi connectivity index (χ1) is 9.60. The highest BCUT2D eigenvalue weighted by molar-refractivity contribution is 5.57. The molecule has 2 aromatic rings. The Kier molecular flexibility index (Phi) is 3.00. The molecule has 6 nitrogen and oxygen atoms in total. The smallest absolute Gasteiger partial charge is 0.313 e. The zero-order valence-electron chi connectivity index (χ0n) is 11.4. The summed E-state index contributed by atoms with van der Waals surface area (Å²) in [6.45, 7) is 4.12. The Morgan fingerprint density at radius 1 is 1.35 bits per heavy atom. The van der Waals surface area contributed by atoms with Crippen LogP contribution in [0.5, 0.6) is 0 Å². The minimum absolute atomic E-state index is 0.340. The number of hydrogen-bond donors (Lipinski definition) is 2. The van der Waals surface area contributed by atoms with E-state index >= 15 is 0 Å². The van der Waals surface area contributed by atoms with Gasteiger partial charge in [0.15, 0.2) is 0 Å². The van der Waals surface area contributed by atoms with Crippen LogP contribution in [0.3, 0.4) is 0 Å². The second-order valence-electron chi connectivity index (χ2n) is 5.27. The Hall–Kier alpha value is -2.24. The average Bonchev–Trinajstić information content (AvgIpc) is 3.19. The molecule has 1 aliphatic rings. The Bertz CT molecular complexity index is 762. The Morgan fingerprint density at radius 2 is 2.15 bits per heavy atom. The van der Waals surface area contributed by atoms with Crippen LogP contribution in [0.25, 0.3) is 11.3 Å². The number of aryl methyl sites for hydroxylation is 1. The molecule has 2 unspecified atom stereocenters. The van der Waals surface area contributed by atoms with Crippen LogP contribution in [0.2, 0.25) is 0 Å². The quantitative estimate of drug-likeness (QED) is 0.882. The van der Waals surface area contributed by atoms with Crippen LogP contribution < -0.4 is 11.2 Å². The van der Waals surface area contributed by atoms with Gasteiger partial charge in [-0.2, -0.15) is 5.10 Å². The number of H-pyrrole nitrogens is 2. The molecule has 20 heavy (non-hydrogen) atoms. The van der Waals surface area contributed by atoms with Gasteiger partial charge in [-0.3, -0.25) is 9.78 Å². The van der Waals surface area contributed by atoms with Gasteiger partial charge in [-0.15, -0.1) is 5.10 Å². The highest BCUT2D eigenvalue weighted by atomic mass is 16.2. The number of aromatic nitrogens is 4. The summed E-state index contributed by atoms with van der Waals surface area (Å²) in [5.74, 6) is 1.23. The molecule has 0 aliphatic heterocycles. The van der Waals surface area contributed by atoms with Crippen molar-refractivity contribution in [3.05, 3.63) is 44.4 Å². The molecule has 104 valence electrons. The van der Waals surface area contributed by atoms with Crippen LogP contribution in [-0.4, -0.2) is 20.2 Å². The molecular formula is C14H16N4O2. The predicted molar refractivity (Wildman–Crippen MR) is 74.6 cm³/mol. The molecular weight excluding hydrogens is 256 g/mol. The zero-order chi connectivity index (χ0) is 14.3. The fourth-order valence-corrected chi connectivity index (χ4v) is 2.65. The van der Waals surface area contributed by atoms with Crippen molar-refractivity contribution in [3.8, 4) is 11.3 Å². The van der Waals surface area contributed by atoms with Gasteiger partial charge in [0.1, 0.15) is 5.69 Å². The molecule has 2 aromatic heterocycles. The third-order valence-corrected chi connectivity index (χ3v) is 3.96. The zero-order valence-corrected chi connectivity index (χ0v) is 11.4. The fraction of sp³-hybridized carbons (Fsp3) is 0.429. The van der Waals surface area contributed by atoms with Crippen molar-refractivity contribution in [1.82, 2.24) is 20.2 Å². The van der Waals surface area contributed by atoms with Crippen molar-refractivity contribution in [1.29, 1.82) is 0 Å². The lowest BCUT2D eigenvalue weighted by molar-refractivity contribution is 0.758.